The van der Waals surface area contributed by atoms with Gasteiger partial charge >= 0.3 is 0 Å². The van der Waals surface area contributed by atoms with Gasteiger partial charge in [-0.05, 0) is 46.5 Å². The Labute approximate surface area is 137 Å². The Balaban J connectivity index is 1.83. The molecule has 1 aliphatic rings. The summed E-state index contributed by atoms with van der Waals surface area (Å²) in [5, 5.41) is 7.99. The fourth-order valence-electron chi connectivity index (χ4n) is 2.48. The van der Waals surface area contributed by atoms with Crippen LogP contribution >= 0.6 is 27.5 Å². The number of halogens is 2. The molecule has 21 heavy (non-hydrogen) atoms. The molecule has 2 aromatic rings. The van der Waals surface area contributed by atoms with E-state index < -0.39 is 0 Å². The Bertz CT molecular complexity index is 644. The number of benzene rings is 1. The van der Waals surface area contributed by atoms with Crippen LogP contribution in [0.1, 0.15) is 13.3 Å². The van der Waals surface area contributed by atoms with Crippen LogP contribution in [0.4, 0.5) is 5.95 Å². The maximum absolute atomic E-state index is 6.14. The van der Waals surface area contributed by atoms with Crippen LogP contribution in [0.5, 0.6) is 0 Å². The van der Waals surface area contributed by atoms with E-state index in [4.69, 9.17) is 17.3 Å². The molecule has 1 aromatic heterocycles. The summed E-state index contributed by atoms with van der Waals surface area (Å²) in [6, 6.07) is 5.77. The molecule has 3 N–H and O–H groups in total. The largest absolute Gasteiger partial charge is 0.338 e. The molecule has 5 nitrogen and oxygen atoms in total. The van der Waals surface area contributed by atoms with E-state index in [-0.39, 0.29) is 6.04 Å². The maximum atomic E-state index is 6.14. The van der Waals surface area contributed by atoms with E-state index in [9.17, 15) is 0 Å². The second-order valence-corrected chi connectivity index (χ2v) is 6.77. The molecule has 7 heteroatoms. The Morgan fingerprint density at radius 1 is 1.48 bits per heavy atom. The lowest BCUT2D eigenvalue weighted by molar-refractivity contribution is 0.376. The Morgan fingerprint density at radius 3 is 3.00 bits per heavy atom. The molecular weight excluding hydrogens is 354 g/mol. The van der Waals surface area contributed by atoms with E-state index in [1.54, 1.807) is 0 Å². The van der Waals surface area contributed by atoms with Gasteiger partial charge < -0.3 is 10.6 Å². The number of aromatic nitrogens is 3. The van der Waals surface area contributed by atoms with Gasteiger partial charge in [-0.25, -0.2) is 0 Å². The van der Waals surface area contributed by atoms with Gasteiger partial charge in [0.1, 0.15) is 0 Å². The van der Waals surface area contributed by atoms with Gasteiger partial charge in [-0.2, -0.15) is 4.98 Å². The maximum Gasteiger partial charge on any atom is 0.245 e. The molecule has 1 fully saturated rings. The first-order valence-corrected chi connectivity index (χ1v) is 8.10. The Hall–Kier alpha value is -1.11. The van der Waals surface area contributed by atoms with Crippen molar-refractivity contribution in [2.45, 2.75) is 19.4 Å². The molecule has 2 unspecified atom stereocenters. The minimum absolute atomic E-state index is 0.169. The molecule has 1 saturated heterocycles. The van der Waals surface area contributed by atoms with Crippen LogP contribution in [0.25, 0.3) is 11.4 Å². The van der Waals surface area contributed by atoms with Crippen molar-refractivity contribution in [2.24, 2.45) is 11.7 Å². The lowest BCUT2D eigenvalue weighted by atomic mass is 9.95. The minimum Gasteiger partial charge on any atom is -0.338 e. The monoisotopic (exact) mass is 369 g/mol. The summed E-state index contributed by atoms with van der Waals surface area (Å²) < 4.78 is 0.890. The predicted molar refractivity (Wildman–Crippen MR) is 88.5 cm³/mol. The summed E-state index contributed by atoms with van der Waals surface area (Å²) in [4.78, 5) is 6.72. The average molecular weight is 371 g/mol. The highest BCUT2D eigenvalue weighted by Gasteiger charge is 2.25. The van der Waals surface area contributed by atoms with Gasteiger partial charge in [0.05, 0.1) is 0 Å². The highest BCUT2D eigenvalue weighted by atomic mass is 79.9. The first-order chi connectivity index (χ1) is 10.0. The van der Waals surface area contributed by atoms with Crippen LogP contribution in [-0.4, -0.2) is 34.3 Å². The second kappa shape index (κ2) is 5.94. The standard InChI is InChI=1S/C14H17BrClN5/c1-8-4-5-21(7-12(8)17)14-18-13(19-20-14)10-3-2-9(16)6-11(10)15/h2-3,6,8,12H,4-5,7,17H2,1H3,(H,18,19,20). The number of nitrogens with two attached hydrogens (primary N) is 1. The van der Waals surface area contributed by atoms with Gasteiger partial charge in [0.25, 0.3) is 0 Å². The van der Waals surface area contributed by atoms with Crippen molar-refractivity contribution in [3.8, 4) is 11.4 Å². The molecule has 1 aromatic carbocycles. The quantitative estimate of drug-likeness (QED) is 0.852. The highest BCUT2D eigenvalue weighted by molar-refractivity contribution is 9.10. The second-order valence-electron chi connectivity index (χ2n) is 5.48. The van der Waals surface area contributed by atoms with Crippen molar-refractivity contribution < 1.29 is 0 Å². The molecule has 0 aliphatic carbocycles. The molecule has 0 spiro atoms. The van der Waals surface area contributed by atoms with E-state index in [0.29, 0.717) is 16.9 Å². The van der Waals surface area contributed by atoms with Crippen molar-refractivity contribution in [3.05, 3.63) is 27.7 Å². The third-order valence-electron chi connectivity index (χ3n) is 3.96. The Morgan fingerprint density at radius 2 is 2.29 bits per heavy atom. The van der Waals surface area contributed by atoms with Crippen molar-refractivity contribution in [1.29, 1.82) is 0 Å². The van der Waals surface area contributed by atoms with E-state index in [2.05, 4.69) is 42.9 Å². The van der Waals surface area contributed by atoms with Crippen molar-refractivity contribution in [2.75, 3.05) is 18.0 Å². The first kappa shape index (κ1) is 14.8. The summed E-state index contributed by atoms with van der Waals surface area (Å²) in [6.45, 7) is 3.92. The molecular formula is C14H17BrClN5. The van der Waals surface area contributed by atoms with Crippen LogP contribution in [-0.2, 0) is 0 Å². The molecule has 3 rings (SSSR count). The van der Waals surface area contributed by atoms with E-state index in [0.717, 1.165) is 35.4 Å². The van der Waals surface area contributed by atoms with Crippen LogP contribution in [0.3, 0.4) is 0 Å². The van der Waals surface area contributed by atoms with Gasteiger partial charge in [-0.3, -0.25) is 5.10 Å². The smallest absolute Gasteiger partial charge is 0.245 e. The number of hydrogen-bond acceptors (Lipinski definition) is 4. The van der Waals surface area contributed by atoms with Crippen LogP contribution in [0.2, 0.25) is 5.02 Å². The molecule has 0 bridgehead atoms. The lowest BCUT2D eigenvalue weighted by Crippen LogP contribution is -2.48. The molecule has 0 radical (unpaired) electrons. The number of aromatic amines is 1. The number of rotatable bonds is 2. The normalized spacial score (nSPS) is 22.6. The van der Waals surface area contributed by atoms with Crippen molar-refractivity contribution in [3.63, 3.8) is 0 Å². The fraction of sp³-hybridized carbons (Fsp3) is 0.429. The number of nitrogens with zero attached hydrogens (tertiary/aromatic N) is 3. The van der Waals surface area contributed by atoms with Gasteiger partial charge in [0.15, 0.2) is 5.82 Å². The van der Waals surface area contributed by atoms with E-state index in [1.807, 2.05) is 18.2 Å². The van der Waals surface area contributed by atoms with E-state index in [1.165, 1.54) is 0 Å². The fourth-order valence-corrected chi connectivity index (χ4v) is 3.35. The van der Waals surface area contributed by atoms with Gasteiger partial charge in [-0.1, -0.05) is 18.5 Å². The first-order valence-electron chi connectivity index (χ1n) is 6.93. The topological polar surface area (TPSA) is 70.8 Å². The lowest BCUT2D eigenvalue weighted by Gasteiger charge is -2.34. The number of H-pyrrole nitrogens is 1. The van der Waals surface area contributed by atoms with Gasteiger partial charge in [0, 0.05) is 34.2 Å². The van der Waals surface area contributed by atoms with Crippen LogP contribution in [0, 0.1) is 5.92 Å². The zero-order valence-electron chi connectivity index (χ0n) is 11.7. The summed E-state index contributed by atoms with van der Waals surface area (Å²) >= 11 is 9.46. The van der Waals surface area contributed by atoms with Crippen molar-refractivity contribution >= 4 is 33.5 Å². The van der Waals surface area contributed by atoms with Crippen molar-refractivity contribution in [1.82, 2.24) is 15.2 Å². The zero-order chi connectivity index (χ0) is 15.0. The Kier molecular flexibility index (Phi) is 4.19. The summed E-state index contributed by atoms with van der Waals surface area (Å²) in [5.74, 6) is 1.97. The minimum atomic E-state index is 0.169. The zero-order valence-corrected chi connectivity index (χ0v) is 14.0. The third-order valence-corrected chi connectivity index (χ3v) is 4.85. The molecule has 1 aliphatic heterocycles. The van der Waals surface area contributed by atoms with Gasteiger partial charge in [-0.15, -0.1) is 5.10 Å². The molecule has 2 atom stereocenters. The number of nitrogens with one attached hydrogen (secondary N) is 1. The number of anilines is 1. The molecule has 0 saturated carbocycles. The average Bonchev–Trinajstić information content (AvgIpc) is 2.91. The molecule has 112 valence electrons. The SMILES string of the molecule is CC1CCN(c2n[nH]c(-c3ccc(Cl)cc3Br)n2)CC1N. The summed E-state index contributed by atoms with van der Waals surface area (Å²) in [5.41, 5.74) is 7.07. The summed E-state index contributed by atoms with van der Waals surface area (Å²) in [7, 11) is 0. The number of piperidine rings is 1. The van der Waals surface area contributed by atoms with Gasteiger partial charge in [0.2, 0.25) is 5.95 Å². The van der Waals surface area contributed by atoms with Crippen LogP contribution in [0.15, 0.2) is 22.7 Å². The molecule has 2 heterocycles. The predicted octanol–water partition coefficient (Wildman–Crippen LogP) is 3.06. The number of hydrogen-bond donors (Lipinski definition) is 2. The van der Waals surface area contributed by atoms with Crippen LogP contribution < -0.4 is 10.6 Å². The van der Waals surface area contributed by atoms with E-state index >= 15 is 0 Å². The third kappa shape index (κ3) is 3.07. The molecule has 0 amide bonds. The highest BCUT2D eigenvalue weighted by Crippen LogP contribution is 2.29. The summed E-state index contributed by atoms with van der Waals surface area (Å²) in [6.07, 6.45) is 1.07.